The fourth-order valence-corrected chi connectivity index (χ4v) is 3.26. The third-order valence-corrected chi connectivity index (χ3v) is 4.35. The van der Waals surface area contributed by atoms with Crippen molar-refractivity contribution < 1.29 is 4.74 Å². The minimum atomic E-state index is 0.554. The third kappa shape index (κ3) is 2.56. The molecule has 92 valence electrons. The minimum absolute atomic E-state index is 0.554. The normalized spacial score (nSPS) is 27.4. The molecule has 0 saturated carbocycles. The first-order valence-corrected chi connectivity index (χ1v) is 7.21. The molecule has 0 bridgehead atoms. The van der Waals surface area contributed by atoms with Gasteiger partial charge in [0.15, 0.2) is 0 Å². The van der Waals surface area contributed by atoms with Crippen LogP contribution in [0.5, 0.6) is 0 Å². The van der Waals surface area contributed by atoms with Crippen molar-refractivity contribution in [1.29, 1.82) is 0 Å². The Hall–Kier alpha value is -0.380. The van der Waals surface area contributed by atoms with Crippen LogP contribution in [0, 0.1) is 5.92 Å². The predicted molar refractivity (Wildman–Crippen MR) is 72.1 cm³/mol. The molecule has 1 heterocycles. The average Bonchev–Trinajstić information content (AvgIpc) is 2.94. The van der Waals surface area contributed by atoms with E-state index >= 15 is 0 Å². The summed E-state index contributed by atoms with van der Waals surface area (Å²) in [6, 6.07) is 7.22. The van der Waals surface area contributed by atoms with E-state index in [0.29, 0.717) is 6.04 Å². The average molecular weight is 296 g/mol. The van der Waals surface area contributed by atoms with Gasteiger partial charge in [-0.05, 0) is 48.4 Å². The van der Waals surface area contributed by atoms with Crippen LogP contribution in [0.25, 0.3) is 0 Å². The van der Waals surface area contributed by atoms with E-state index in [2.05, 4.69) is 39.4 Å². The van der Waals surface area contributed by atoms with Gasteiger partial charge in [-0.3, -0.25) is 0 Å². The second-order valence-corrected chi connectivity index (χ2v) is 5.99. The van der Waals surface area contributed by atoms with Gasteiger partial charge in [-0.15, -0.1) is 0 Å². The molecule has 2 unspecified atom stereocenters. The maximum Gasteiger partial charge on any atom is 0.0507 e. The highest BCUT2D eigenvalue weighted by Gasteiger charge is 2.24. The Kier molecular flexibility index (Phi) is 3.50. The molecule has 17 heavy (non-hydrogen) atoms. The van der Waals surface area contributed by atoms with Crippen LogP contribution in [0.4, 0.5) is 0 Å². The number of halogens is 1. The van der Waals surface area contributed by atoms with Crippen LogP contribution < -0.4 is 5.32 Å². The van der Waals surface area contributed by atoms with Gasteiger partial charge in [0.1, 0.15) is 0 Å². The van der Waals surface area contributed by atoms with Crippen molar-refractivity contribution in [2.45, 2.75) is 25.3 Å². The monoisotopic (exact) mass is 295 g/mol. The summed E-state index contributed by atoms with van der Waals surface area (Å²) < 4.78 is 6.61. The van der Waals surface area contributed by atoms with Crippen LogP contribution in [-0.4, -0.2) is 19.8 Å². The number of aryl methyl sites for hydroxylation is 1. The second-order valence-electron chi connectivity index (χ2n) is 5.07. The van der Waals surface area contributed by atoms with Gasteiger partial charge >= 0.3 is 0 Å². The van der Waals surface area contributed by atoms with Gasteiger partial charge in [0.2, 0.25) is 0 Å². The van der Waals surface area contributed by atoms with E-state index in [1.807, 2.05) is 0 Å². The Morgan fingerprint density at radius 3 is 3.12 bits per heavy atom. The number of fused-ring (bicyclic) bond motifs is 1. The second kappa shape index (κ2) is 5.09. The number of ether oxygens (including phenoxy) is 1. The lowest BCUT2D eigenvalue weighted by molar-refractivity contribution is 0.184. The highest BCUT2D eigenvalue weighted by atomic mass is 79.9. The van der Waals surface area contributed by atoms with Gasteiger partial charge in [-0.2, -0.15) is 0 Å². The van der Waals surface area contributed by atoms with Crippen LogP contribution in [0.15, 0.2) is 22.7 Å². The van der Waals surface area contributed by atoms with Crippen LogP contribution in [-0.2, 0) is 11.2 Å². The molecule has 0 radical (unpaired) electrons. The van der Waals surface area contributed by atoms with Crippen LogP contribution in [0.2, 0.25) is 0 Å². The first-order valence-electron chi connectivity index (χ1n) is 6.42. The van der Waals surface area contributed by atoms with Gasteiger partial charge in [0.25, 0.3) is 0 Å². The summed E-state index contributed by atoms with van der Waals surface area (Å²) in [7, 11) is 0. The first-order chi connectivity index (χ1) is 8.33. The summed E-state index contributed by atoms with van der Waals surface area (Å²) in [6.07, 6.45) is 3.65. The molecule has 1 aliphatic heterocycles. The lowest BCUT2D eigenvalue weighted by Gasteiger charge is -2.16. The Balaban J connectivity index is 1.63. The van der Waals surface area contributed by atoms with Gasteiger partial charge < -0.3 is 10.1 Å². The zero-order chi connectivity index (χ0) is 11.7. The van der Waals surface area contributed by atoms with Crippen LogP contribution >= 0.6 is 15.9 Å². The van der Waals surface area contributed by atoms with Crippen molar-refractivity contribution in [3.8, 4) is 0 Å². The molecule has 1 N–H and O–H groups in total. The molecule has 1 fully saturated rings. The van der Waals surface area contributed by atoms with E-state index < -0.39 is 0 Å². The highest BCUT2D eigenvalue weighted by Crippen LogP contribution is 2.33. The molecule has 1 aromatic rings. The quantitative estimate of drug-likeness (QED) is 0.925. The van der Waals surface area contributed by atoms with Crippen molar-refractivity contribution in [2.24, 2.45) is 5.92 Å². The Morgan fingerprint density at radius 2 is 2.29 bits per heavy atom. The number of nitrogens with one attached hydrogen (secondary N) is 1. The number of benzene rings is 1. The summed E-state index contributed by atoms with van der Waals surface area (Å²) in [5.74, 6) is 0.717. The van der Waals surface area contributed by atoms with Gasteiger partial charge in [0, 0.05) is 23.7 Å². The van der Waals surface area contributed by atoms with E-state index in [9.17, 15) is 0 Å². The topological polar surface area (TPSA) is 21.3 Å². The fraction of sp³-hybridized carbons (Fsp3) is 0.571. The number of hydrogen-bond acceptors (Lipinski definition) is 2. The van der Waals surface area contributed by atoms with Crippen LogP contribution in [0.1, 0.15) is 30.0 Å². The summed E-state index contributed by atoms with van der Waals surface area (Å²) in [5, 5.41) is 3.70. The number of hydrogen-bond donors (Lipinski definition) is 1. The molecule has 3 rings (SSSR count). The Bertz CT molecular complexity index is 401. The molecule has 3 heteroatoms. The molecule has 2 atom stereocenters. The zero-order valence-electron chi connectivity index (χ0n) is 9.92. The summed E-state index contributed by atoms with van der Waals surface area (Å²) >= 11 is 3.54. The molecule has 1 saturated heterocycles. The molecule has 1 aromatic carbocycles. The molecular formula is C14H18BrNO. The molecule has 0 spiro atoms. The highest BCUT2D eigenvalue weighted by molar-refractivity contribution is 9.10. The van der Waals surface area contributed by atoms with Gasteiger partial charge in [-0.25, -0.2) is 0 Å². The largest absolute Gasteiger partial charge is 0.381 e. The predicted octanol–water partition coefficient (Wildman–Crippen LogP) is 3.06. The molecule has 2 aliphatic rings. The van der Waals surface area contributed by atoms with Crippen molar-refractivity contribution in [3.63, 3.8) is 0 Å². The van der Waals surface area contributed by atoms with Crippen molar-refractivity contribution >= 4 is 15.9 Å². The summed E-state index contributed by atoms with van der Waals surface area (Å²) in [4.78, 5) is 0. The lowest BCUT2D eigenvalue weighted by atomic mass is 10.1. The standard InChI is InChI=1S/C14H18BrNO/c15-12-2-3-13-11(7-12)1-4-14(13)16-8-10-5-6-17-9-10/h2-3,7,10,14,16H,1,4-6,8-9H2. The van der Waals surface area contributed by atoms with E-state index in [4.69, 9.17) is 4.74 Å². The smallest absolute Gasteiger partial charge is 0.0507 e. The molecule has 0 amide bonds. The van der Waals surface area contributed by atoms with Crippen molar-refractivity contribution in [2.75, 3.05) is 19.8 Å². The van der Waals surface area contributed by atoms with Gasteiger partial charge in [-0.1, -0.05) is 22.0 Å². The maximum absolute atomic E-state index is 5.41. The summed E-state index contributed by atoms with van der Waals surface area (Å²) in [5.41, 5.74) is 2.99. The molecule has 2 nitrogen and oxygen atoms in total. The molecule has 0 aromatic heterocycles. The molecule has 1 aliphatic carbocycles. The third-order valence-electron chi connectivity index (χ3n) is 3.86. The Morgan fingerprint density at radius 1 is 1.35 bits per heavy atom. The van der Waals surface area contributed by atoms with E-state index in [1.165, 1.54) is 34.9 Å². The van der Waals surface area contributed by atoms with E-state index in [-0.39, 0.29) is 0 Å². The lowest BCUT2D eigenvalue weighted by Crippen LogP contribution is -2.26. The van der Waals surface area contributed by atoms with Gasteiger partial charge in [0.05, 0.1) is 6.61 Å². The van der Waals surface area contributed by atoms with Crippen LogP contribution in [0.3, 0.4) is 0 Å². The van der Waals surface area contributed by atoms with Crippen molar-refractivity contribution in [3.05, 3.63) is 33.8 Å². The first kappa shape index (κ1) is 11.7. The molecular weight excluding hydrogens is 278 g/mol. The minimum Gasteiger partial charge on any atom is -0.381 e. The summed E-state index contributed by atoms with van der Waals surface area (Å²) in [6.45, 7) is 2.98. The van der Waals surface area contributed by atoms with E-state index in [0.717, 1.165) is 25.7 Å². The zero-order valence-corrected chi connectivity index (χ0v) is 11.5. The number of rotatable bonds is 3. The van der Waals surface area contributed by atoms with E-state index in [1.54, 1.807) is 0 Å². The Labute approximate surface area is 111 Å². The van der Waals surface area contributed by atoms with Crippen molar-refractivity contribution in [1.82, 2.24) is 5.32 Å². The maximum atomic E-state index is 5.41. The fourth-order valence-electron chi connectivity index (χ4n) is 2.85. The SMILES string of the molecule is Brc1ccc2c(c1)CCC2NCC1CCOC1.